The zero-order valence-electron chi connectivity index (χ0n) is 14.1. The topological polar surface area (TPSA) is 28.5 Å². The second kappa shape index (κ2) is 6.32. The molecule has 0 spiro atoms. The van der Waals surface area contributed by atoms with Crippen LogP contribution in [-0.4, -0.2) is 54.0 Å². The summed E-state index contributed by atoms with van der Waals surface area (Å²) >= 11 is 0. The minimum atomic E-state index is -0.272. The van der Waals surface area contributed by atoms with Crippen LogP contribution >= 0.6 is 0 Å². The molecule has 1 unspecified atom stereocenters. The summed E-state index contributed by atoms with van der Waals surface area (Å²) in [6, 6.07) is 6.45. The number of likely N-dealkylation sites (tertiary alicyclic amines) is 1. The standard InChI is InChI=1S/C18H24FN3O/c1-20(2)11-13-5-4-8-22(12-13)18(23)17-10-14-9-15(19)6-7-16(14)21(17)3/h6-7,9-10,13H,4-5,8,11-12H2,1-3H3. The minimum Gasteiger partial charge on any atom is -0.340 e. The number of hydrogen-bond acceptors (Lipinski definition) is 2. The van der Waals surface area contributed by atoms with Crippen LogP contribution in [0.4, 0.5) is 4.39 Å². The largest absolute Gasteiger partial charge is 0.340 e. The Morgan fingerprint density at radius 3 is 2.87 bits per heavy atom. The van der Waals surface area contributed by atoms with Gasteiger partial charge in [-0.25, -0.2) is 4.39 Å². The number of amides is 1. The van der Waals surface area contributed by atoms with Crippen LogP contribution in [0.15, 0.2) is 24.3 Å². The van der Waals surface area contributed by atoms with E-state index in [1.807, 2.05) is 16.5 Å². The summed E-state index contributed by atoms with van der Waals surface area (Å²) in [5.74, 6) is 0.300. The van der Waals surface area contributed by atoms with E-state index in [1.165, 1.54) is 18.6 Å². The number of piperidine rings is 1. The summed E-state index contributed by atoms with van der Waals surface area (Å²) in [7, 11) is 6.01. The number of rotatable bonds is 3. The molecule has 1 amide bonds. The smallest absolute Gasteiger partial charge is 0.270 e. The fraction of sp³-hybridized carbons (Fsp3) is 0.500. The molecular formula is C18H24FN3O. The lowest BCUT2D eigenvalue weighted by Crippen LogP contribution is -2.43. The van der Waals surface area contributed by atoms with Crippen LogP contribution < -0.4 is 0 Å². The Morgan fingerprint density at radius 2 is 2.13 bits per heavy atom. The van der Waals surface area contributed by atoms with Gasteiger partial charge in [-0.3, -0.25) is 4.79 Å². The van der Waals surface area contributed by atoms with Gasteiger partial charge in [0, 0.05) is 37.6 Å². The first-order chi connectivity index (χ1) is 11.0. The van der Waals surface area contributed by atoms with E-state index in [0.717, 1.165) is 37.0 Å². The Labute approximate surface area is 136 Å². The van der Waals surface area contributed by atoms with Gasteiger partial charge in [-0.15, -0.1) is 0 Å². The molecule has 0 radical (unpaired) electrons. The summed E-state index contributed by atoms with van der Waals surface area (Å²) in [6.45, 7) is 2.61. The van der Waals surface area contributed by atoms with Crippen molar-refractivity contribution in [1.82, 2.24) is 14.4 Å². The third-order valence-electron chi connectivity index (χ3n) is 4.65. The average Bonchev–Trinajstić information content (AvgIpc) is 2.82. The molecular weight excluding hydrogens is 293 g/mol. The lowest BCUT2D eigenvalue weighted by Gasteiger charge is -2.34. The van der Waals surface area contributed by atoms with Gasteiger partial charge in [0.25, 0.3) is 5.91 Å². The lowest BCUT2D eigenvalue weighted by atomic mass is 9.97. The van der Waals surface area contributed by atoms with Crippen LogP contribution in [0.1, 0.15) is 23.3 Å². The van der Waals surface area contributed by atoms with Crippen molar-refractivity contribution in [3.05, 3.63) is 35.8 Å². The van der Waals surface area contributed by atoms with Gasteiger partial charge in [0.05, 0.1) is 0 Å². The minimum absolute atomic E-state index is 0.0487. The predicted octanol–water partition coefficient (Wildman–Crippen LogP) is 2.73. The van der Waals surface area contributed by atoms with Crippen LogP contribution in [0, 0.1) is 11.7 Å². The van der Waals surface area contributed by atoms with Crippen LogP contribution in [0.5, 0.6) is 0 Å². The predicted molar refractivity (Wildman–Crippen MR) is 90.1 cm³/mol. The molecule has 2 aromatic rings. The SMILES string of the molecule is CN(C)CC1CCCN(C(=O)c2cc3cc(F)ccc3n2C)C1. The molecule has 2 heterocycles. The van der Waals surface area contributed by atoms with E-state index in [-0.39, 0.29) is 11.7 Å². The van der Waals surface area contributed by atoms with Crippen molar-refractivity contribution in [2.45, 2.75) is 12.8 Å². The third kappa shape index (κ3) is 3.24. The molecule has 0 saturated carbocycles. The highest BCUT2D eigenvalue weighted by molar-refractivity contribution is 5.98. The van der Waals surface area contributed by atoms with Gasteiger partial charge in [0.2, 0.25) is 0 Å². The molecule has 5 heteroatoms. The van der Waals surface area contributed by atoms with Gasteiger partial charge in [-0.2, -0.15) is 0 Å². The molecule has 4 nitrogen and oxygen atoms in total. The molecule has 1 fully saturated rings. The highest BCUT2D eigenvalue weighted by atomic mass is 19.1. The van der Waals surface area contributed by atoms with Crippen molar-refractivity contribution >= 4 is 16.8 Å². The maximum atomic E-state index is 13.4. The number of carbonyl (C=O) groups is 1. The van der Waals surface area contributed by atoms with Gasteiger partial charge < -0.3 is 14.4 Å². The summed E-state index contributed by atoms with van der Waals surface area (Å²) in [5.41, 5.74) is 1.52. The number of benzene rings is 1. The van der Waals surface area contributed by atoms with Crippen molar-refractivity contribution < 1.29 is 9.18 Å². The molecule has 1 aliphatic heterocycles. The third-order valence-corrected chi connectivity index (χ3v) is 4.65. The highest BCUT2D eigenvalue weighted by Crippen LogP contribution is 2.23. The maximum Gasteiger partial charge on any atom is 0.270 e. The summed E-state index contributed by atoms with van der Waals surface area (Å²) < 4.78 is 15.3. The van der Waals surface area contributed by atoms with Gasteiger partial charge in [0.1, 0.15) is 11.5 Å². The number of aromatic nitrogens is 1. The van der Waals surface area contributed by atoms with E-state index in [2.05, 4.69) is 19.0 Å². The van der Waals surface area contributed by atoms with E-state index >= 15 is 0 Å². The van der Waals surface area contributed by atoms with Crippen molar-refractivity contribution in [1.29, 1.82) is 0 Å². The number of hydrogen-bond donors (Lipinski definition) is 0. The van der Waals surface area contributed by atoms with Crippen molar-refractivity contribution in [2.75, 3.05) is 33.7 Å². The first-order valence-corrected chi connectivity index (χ1v) is 8.14. The molecule has 1 aromatic heterocycles. The lowest BCUT2D eigenvalue weighted by molar-refractivity contribution is 0.0646. The van der Waals surface area contributed by atoms with Crippen molar-refractivity contribution in [3.8, 4) is 0 Å². The Balaban J connectivity index is 1.83. The van der Waals surface area contributed by atoms with Gasteiger partial charge in [-0.1, -0.05) is 0 Å². The van der Waals surface area contributed by atoms with Gasteiger partial charge >= 0.3 is 0 Å². The van der Waals surface area contributed by atoms with Crippen LogP contribution in [-0.2, 0) is 7.05 Å². The normalized spacial score (nSPS) is 18.8. The highest BCUT2D eigenvalue weighted by Gasteiger charge is 2.26. The van der Waals surface area contributed by atoms with E-state index in [4.69, 9.17) is 0 Å². The van der Waals surface area contributed by atoms with E-state index < -0.39 is 0 Å². The number of carbonyl (C=O) groups excluding carboxylic acids is 1. The number of halogens is 1. The summed E-state index contributed by atoms with van der Waals surface area (Å²) in [6.07, 6.45) is 2.21. The molecule has 1 aromatic carbocycles. The Bertz CT molecular complexity index is 722. The molecule has 1 aliphatic rings. The monoisotopic (exact) mass is 317 g/mol. The summed E-state index contributed by atoms with van der Waals surface area (Å²) in [5, 5.41) is 0.776. The number of aryl methyl sites for hydroxylation is 1. The van der Waals surface area contributed by atoms with Crippen LogP contribution in [0.2, 0.25) is 0 Å². The quantitative estimate of drug-likeness (QED) is 0.871. The molecule has 1 saturated heterocycles. The fourth-order valence-corrected chi connectivity index (χ4v) is 3.60. The average molecular weight is 317 g/mol. The van der Waals surface area contributed by atoms with E-state index in [0.29, 0.717) is 11.6 Å². The molecule has 23 heavy (non-hydrogen) atoms. The molecule has 0 bridgehead atoms. The first kappa shape index (κ1) is 16.0. The Morgan fingerprint density at radius 1 is 1.35 bits per heavy atom. The van der Waals surface area contributed by atoms with Crippen molar-refractivity contribution in [2.24, 2.45) is 13.0 Å². The number of nitrogens with zero attached hydrogens (tertiary/aromatic N) is 3. The molecule has 0 N–H and O–H groups in total. The Hall–Kier alpha value is -1.88. The number of fused-ring (bicyclic) bond motifs is 1. The summed E-state index contributed by atoms with van der Waals surface area (Å²) in [4.78, 5) is 17.0. The van der Waals surface area contributed by atoms with Gasteiger partial charge in [-0.05, 0) is 57.1 Å². The van der Waals surface area contributed by atoms with Gasteiger partial charge in [0.15, 0.2) is 0 Å². The van der Waals surface area contributed by atoms with Crippen LogP contribution in [0.3, 0.4) is 0 Å². The second-order valence-electron chi connectivity index (χ2n) is 6.81. The molecule has 124 valence electrons. The fourth-order valence-electron chi connectivity index (χ4n) is 3.60. The Kier molecular flexibility index (Phi) is 4.39. The second-order valence-corrected chi connectivity index (χ2v) is 6.81. The maximum absolute atomic E-state index is 13.4. The zero-order chi connectivity index (χ0) is 16.6. The van der Waals surface area contributed by atoms with E-state index in [1.54, 1.807) is 12.1 Å². The first-order valence-electron chi connectivity index (χ1n) is 8.14. The zero-order valence-corrected chi connectivity index (χ0v) is 14.1. The molecule has 1 atom stereocenters. The van der Waals surface area contributed by atoms with Crippen LogP contribution in [0.25, 0.3) is 10.9 Å². The van der Waals surface area contributed by atoms with Crippen molar-refractivity contribution in [3.63, 3.8) is 0 Å². The molecule has 0 aliphatic carbocycles. The van der Waals surface area contributed by atoms with E-state index in [9.17, 15) is 9.18 Å². The molecule has 3 rings (SSSR count).